The van der Waals surface area contributed by atoms with Crippen molar-refractivity contribution in [3.63, 3.8) is 0 Å². The summed E-state index contributed by atoms with van der Waals surface area (Å²) in [7, 11) is 2.34. The van der Waals surface area contributed by atoms with Crippen LogP contribution in [0.4, 0.5) is 0 Å². The zero-order chi connectivity index (χ0) is 9.69. The van der Waals surface area contributed by atoms with E-state index in [1.807, 2.05) is 0 Å². The third-order valence-corrected chi connectivity index (χ3v) is 3.91. The van der Waals surface area contributed by atoms with E-state index < -0.39 is 0 Å². The smallest absolute Gasteiger partial charge is 0.0211 e. The molecule has 0 radical (unpaired) electrons. The van der Waals surface area contributed by atoms with E-state index in [1.165, 1.54) is 32.1 Å². The van der Waals surface area contributed by atoms with Crippen molar-refractivity contribution in [1.82, 2.24) is 4.90 Å². The van der Waals surface area contributed by atoms with Crippen LogP contribution in [0.25, 0.3) is 0 Å². The fraction of sp³-hybridized carbons (Fsp3) is 1.00. The maximum Gasteiger partial charge on any atom is 0.0211 e. The van der Waals surface area contributed by atoms with Crippen LogP contribution >= 0.6 is 0 Å². The summed E-state index contributed by atoms with van der Waals surface area (Å²) in [5.41, 5.74) is 1.18. The minimum atomic E-state index is 0.499. The lowest BCUT2D eigenvalue weighted by molar-refractivity contribution is 0.175. The summed E-state index contributed by atoms with van der Waals surface area (Å²) in [5, 5.41) is 0. The summed E-state index contributed by atoms with van der Waals surface area (Å²) in [4.78, 5) is 2.68. The van der Waals surface area contributed by atoms with Gasteiger partial charge in [0, 0.05) is 11.6 Å². The van der Waals surface area contributed by atoms with Gasteiger partial charge in [0.25, 0.3) is 0 Å². The number of rotatable bonds is 1. The number of likely N-dealkylation sites (tertiary alicyclic amines) is 1. The summed E-state index contributed by atoms with van der Waals surface area (Å²) in [6.07, 6.45) is 7.19. The van der Waals surface area contributed by atoms with Crippen LogP contribution in [0.2, 0.25) is 0 Å². The van der Waals surface area contributed by atoms with Gasteiger partial charge in [0.05, 0.1) is 0 Å². The van der Waals surface area contributed by atoms with Gasteiger partial charge >= 0.3 is 0 Å². The highest BCUT2D eigenvalue weighted by Gasteiger charge is 2.52. The molecule has 1 heterocycles. The Labute approximate surface area is 82.5 Å². The van der Waals surface area contributed by atoms with Crippen molar-refractivity contribution in [1.29, 1.82) is 0 Å². The van der Waals surface area contributed by atoms with Crippen molar-refractivity contribution in [3.8, 4) is 0 Å². The predicted molar refractivity (Wildman–Crippen MR) is 56.8 cm³/mol. The van der Waals surface area contributed by atoms with Crippen molar-refractivity contribution >= 4 is 0 Å². The largest absolute Gasteiger partial charge is 0.298 e. The molecule has 1 nitrogen and oxygen atoms in total. The van der Waals surface area contributed by atoms with Gasteiger partial charge in [0.2, 0.25) is 0 Å². The van der Waals surface area contributed by atoms with Crippen LogP contribution in [0.15, 0.2) is 0 Å². The van der Waals surface area contributed by atoms with Crippen LogP contribution < -0.4 is 0 Å². The second-order valence-electron chi connectivity index (χ2n) is 6.29. The first-order valence-corrected chi connectivity index (χ1v) is 5.66. The van der Waals surface area contributed by atoms with Gasteiger partial charge in [-0.2, -0.15) is 0 Å². The second kappa shape index (κ2) is 2.73. The molecule has 0 aromatic carbocycles. The number of hydrogen-bond donors (Lipinski definition) is 0. The topological polar surface area (TPSA) is 3.24 Å². The molecule has 1 atom stereocenters. The molecule has 2 rings (SSSR count). The molecule has 0 amide bonds. The van der Waals surface area contributed by atoms with E-state index in [9.17, 15) is 0 Å². The molecule has 1 aliphatic carbocycles. The summed E-state index contributed by atoms with van der Waals surface area (Å²) in [6, 6.07) is 0.863. The zero-order valence-corrected chi connectivity index (χ0v) is 9.56. The predicted octanol–water partition coefficient (Wildman–Crippen LogP) is 3.05. The van der Waals surface area contributed by atoms with E-state index in [1.54, 1.807) is 0 Å². The Morgan fingerprint density at radius 1 is 1.23 bits per heavy atom. The molecule has 13 heavy (non-hydrogen) atoms. The van der Waals surface area contributed by atoms with E-state index in [-0.39, 0.29) is 0 Å². The van der Waals surface area contributed by atoms with Crippen molar-refractivity contribution in [3.05, 3.63) is 0 Å². The average Bonchev–Trinajstić information content (AvgIpc) is 2.70. The molecule has 1 saturated carbocycles. The summed E-state index contributed by atoms with van der Waals surface area (Å²) in [5.74, 6) is 0. The van der Waals surface area contributed by atoms with E-state index >= 15 is 0 Å². The van der Waals surface area contributed by atoms with Gasteiger partial charge in [-0.25, -0.2) is 0 Å². The Kier molecular flexibility index (Phi) is 1.99. The highest BCUT2D eigenvalue weighted by atomic mass is 15.3. The van der Waals surface area contributed by atoms with Crippen molar-refractivity contribution in [2.45, 2.75) is 64.5 Å². The molecule has 2 aliphatic rings. The van der Waals surface area contributed by atoms with Gasteiger partial charge in [0.15, 0.2) is 0 Å². The van der Waals surface area contributed by atoms with E-state index in [0.717, 1.165) is 6.04 Å². The number of nitrogens with zero attached hydrogens (tertiary/aromatic N) is 1. The minimum absolute atomic E-state index is 0.499. The molecule has 2 fully saturated rings. The molecule has 0 aromatic rings. The zero-order valence-electron chi connectivity index (χ0n) is 9.56. The van der Waals surface area contributed by atoms with Gasteiger partial charge in [-0.05, 0) is 44.6 Å². The highest BCUT2D eigenvalue weighted by Crippen LogP contribution is 2.52. The van der Waals surface area contributed by atoms with Crippen LogP contribution in [0.5, 0.6) is 0 Å². The number of hydrogen-bond acceptors (Lipinski definition) is 1. The molecule has 0 N–H and O–H groups in total. The Hall–Kier alpha value is -0.0400. The first kappa shape index (κ1) is 9.51. The van der Waals surface area contributed by atoms with Crippen LogP contribution in [0, 0.1) is 5.41 Å². The molecule has 1 heteroatoms. The minimum Gasteiger partial charge on any atom is -0.298 e. The molecule has 0 aromatic heterocycles. The summed E-state index contributed by atoms with van der Waals surface area (Å²) in [6.45, 7) is 7.08. The lowest BCUT2D eigenvalue weighted by atomic mass is 9.87. The fourth-order valence-corrected chi connectivity index (χ4v) is 2.89. The summed E-state index contributed by atoms with van der Waals surface area (Å²) >= 11 is 0. The third kappa shape index (κ3) is 1.76. The Bertz CT molecular complexity index is 198. The van der Waals surface area contributed by atoms with Crippen molar-refractivity contribution in [2.75, 3.05) is 7.05 Å². The molecule has 1 saturated heterocycles. The third-order valence-electron chi connectivity index (χ3n) is 3.91. The summed E-state index contributed by atoms with van der Waals surface area (Å²) < 4.78 is 0. The molecule has 1 unspecified atom stereocenters. The van der Waals surface area contributed by atoms with E-state index in [4.69, 9.17) is 0 Å². The quantitative estimate of drug-likeness (QED) is 0.601. The molecule has 1 spiro atoms. The maximum atomic E-state index is 2.68. The fourth-order valence-electron chi connectivity index (χ4n) is 2.89. The van der Waals surface area contributed by atoms with Crippen LogP contribution in [0.1, 0.15) is 52.9 Å². The normalized spacial score (nSPS) is 32.8. The van der Waals surface area contributed by atoms with Crippen LogP contribution in [-0.2, 0) is 0 Å². The average molecular weight is 181 g/mol. The lowest BCUT2D eigenvalue weighted by Crippen LogP contribution is -2.35. The Morgan fingerprint density at radius 3 is 2.23 bits per heavy atom. The van der Waals surface area contributed by atoms with Gasteiger partial charge in [0.1, 0.15) is 0 Å². The second-order valence-corrected chi connectivity index (χ2v) is 6.29. The van der Waals surface area contributed by atoms with E-state index in [2.05, 4.69) is 32.7 Å². The molecule has 0 bridgehead atoms. The van der Waals surface area contributed by atoms with Gasteiger partial charge in [-0.15, -0.1) is 0 Å². The first-order chi connectivity index (χ1) is 5.93. The monoisotopic (exact) mass is 181 g/mol. The van der Waals surface area contributed by atoms with Crippen LogP contribution in [-0.4, -0.2) is 23.5 Å². The lowest BCUT2D eigenvalue weighted by Gasteiger charge is -2.30. The van der Waals surface area contributed by atoms with Crippen molar-refractivity contribution in [2.24, 2.45) is 5.41 Å². The first-order valence-electron chi connectivity index (χ1n) is 5.66. The Morgan fingerprint density at radius 2 is 1.85 bits per heavy atom. The van der Waals surface area contributed by atoms with Gasteiger partial charge < -0.3 is 0 Å². The van der Waals surface area contributed by atoms with Crippen LogP contribution in [0.3, 0.4) is 0 Å². The molecule has 1 aliphatic heterocycles. The highest BCUT2D eigenvalue weighted by molar-refractivity contribution is 5.09. The standard InChI is InChI=1S/C12H23N/c1-11(2,3)9-10-5-6-12(7-8-12)13(10)4/h10H,5-9H2,1-4H3. The molecular weight excluding hydrogens is 158 g/mol. The maximum absolute atomic E-state index is 2.68. The van der Waals surface area contributed by atoms with Gasteiger partial charge in [-0.3, -0.25) is 4.90 Å². The van der Waals surface area contributed by atoms with Gasteiger partial charge in [-0.1, -0.05) is 20.8 Å². The van der Waals surface area contributed by atoms with E-state index in [0.29, 0.717) is 11.0 Å². The Balaban J connectivity index is 1.95. The SMILES string of the molecule is CN1C(CC(C)(C)C)CCC12CC2. The van der Waals surface area contributed by atoms with Crippen molar-refractivity contribution < 1.29 is 0 Å². The molecule has 76 valence electrons. The molecular formula is C12H23N.